The standard InChI is InChI=1S/C15H21NO2/c1-3-15(17)18-13-6-4-5-12(9-13)14-10-16-8-7-11(14)2/h4-6,9,11,14,16H,3,7-8,10H2,1-2H3. The van der Waals surface area contributed by atoms with Gasteiger partial charge >= 0.3 is 5.97 Å². The molecule has 2 atom stereocenters. The second kappa shape index (κ2) is 6.01. The fourth-order valence-corrected chi connectivity index (χ4v) is 2.45. The molecule has 0 aromatic heterocycles. The van der Waals surface area contributed by atoms with Crippen molar-refractivity contribution in [3.8, 4) is 5.75 Å². The van der Waals surface area contributed by atoms with Gasteiger partial charge in [0.2, 0.25) is 0 Å². The van der Waals surface area contributed by atoms with E-state index in [2.05, 4.69) is 18.3 Å². The van der Waals surface area contributed by atoms with Crippen LogP contribution in [-0.4, -0.2) is 19.1 Å². The van der Waals surface area contributed by atoms with Gasteiger partial charge in [-0.05, 0) is 42.5 Å². The van der Waals surface area contributed by atoms with Gasteiger partial charge in [0.25, 0.3) is 0 Å². The molecule has 1 aliphatic rings. The molecule has 0 radical (unpaired) electrons. The van der Waals surface area contributed by atoms with Gasteiger partial charge in [0.1, 0.15) is 5.75 Å². The minimum atomic E-state index is -0.179. The van der Waals surface area contributed by atoms with Crippen molar-refractivity contribution in [1.82, 2.24) is 5.32 Å². The fourth-order valence-electron chi connectivity index (χ4n) is 2.45. The molecule has 1 heterocycles. The van der Waals surface area contributed by atoms with E-state index >= 15 is 0 Å². The molecule has 3 nitrogen and oxygen atoms in total. The molecule has 1 fully saturated rings. The summed E-state index contributed by atoms with van der Waals surface area (Å²) < 4.78 is 5.27. The number of benzene rings is 1. The molecule has 0 saturated carbocycles. The van der Waals surface area contributed by atoms with Crippen LogP contribution in [0, 0.1) is 5.92 Å². The van der Waals surface area contributed by atoms with E-state index in [4.69, 9.17) is 4.74 Å². The van der Waals surface area contributed by atoms with Gasteiger partial charge in [-0.15, -0.1) is 0 Å². The molecule has 18 heavy (non-hydrogen) atoms. The molecule has 1 aromatic rings. The van der Waals surface area contributed by atoms with Gasteiger partial charge in [0.05, 0.1) is 0 Å². The van der Waals surface area contributed by atoms with Crippen LogP contribution in [0.3, 0.4) is 0 Å². The van der Waals surface area contributed by atoms with Crippen molar-refractivity contribution >= 4 is 5.97 Å². The largest absolute Gasteiger partial charge is 0.427 e. The first-order valence-corrected chi connectivity index (χ1v) is 6.72. The second-order valence-corrected chi connectivity index (χ2v) is 4.98. The van der Waals surface area contributed by atoms with E-state index in [1.54, 1.807) is 6.92 Å². The van der Waals surface area contributed by atoms with E-state index in [1.165, 1.54) is 12.0 Å². The van der Waals surface area contributed by atoms with Gasteiger partial charge in [-0.25, -0.2) is 0 Å². The van der Waals surface area contributed by atoms with Crippen LogP contribution in [0.5, 0.6) is 5.75 Å². The molecule has 98 valence electrons. The number of nitrogens with one attached hydrogen (secondary N) is 1. The van der Waals surface area contributed by atoms with Crippen LogP contribution in [0.25, 0.3) is 0 Å². The average molecular weight is 247 g/mol. The first-order chi connectivity index (χ1) is 8.70. The summed E-state index contributed by atoms with van der Waals surface area (Å²) in [5.41, 5.74) is 1.26. The molecule has 0 aliphatic carbocycles. The number of hydrogen-bond acceptors (Lipinski definition) is 3. The maximum absolute atomic E-state index is 11.3. The number of esters is 1. The Kier molecular flexibility index (Phi) is 4.37. The number of hydrogen-bond donors (Lipinski definition) is 1. The summed E-state index contributed by atoms with van der Waals surface area (Å²) in [4.78, 5) is 11.3. The Bertz CT molecular complexity index is 417. The molecule has 1 aliphatic heterocycles. The molecule has 1 N–H and O–H groups in total. The van der Waals surface area contributed by atoms with Crippen LogP contribution in [0.2, 0.25) is 0 Å². The maximum atomic E-state index is 11.3. The normalized spacial score (nSPS) is 23.7. The Morgan fingerprint density at radius 3 is 3.06 bits per heavy atom. The third kappa shape index (κ3) is 3.10. The number of rotatable bonds is 3. The second-order valence-electron chi connectivity index (χ2n) is 4.98. The zero-order valence-corrected chi connectivity index (χ0v) is 11.1. The summed E-state index contributed by atoms with van der Waals surface area (Å²) in [6, 6.07) is 7.94. The molecular weight excluding hydrogens is 226 g/mol. The Hall–Kier alpha value is -1.35. The first kappa shape index (κ1) is 13.1. The maximum Gasteiger partial charge on any atom is 0.310 e. The summed E-state index contributed by atoms with van der Waals surface area (Å²) in [6.07, 6.45) is 1.61. The highest BCUT2D eigenvalue weighted by molar-refractivity contribution is 5.71. The van der Waals surface area contributed by atoms with Crippen molar-refractivity contribution in [2.24, 2.45) is 5.92 Å². The summed E-state index contributed by atoms with van der Waals surface area (Å²) >= 11 is 0. The Morgan fingerprint density at radius 1 is 1.50 bits per heavy atom. The van der Waals surface area contributed by atoms with Crippen molar-refractivity contribution in [2.75, 3.05) is 13.1 Å². The van der Waals surface area contributed by atoms with Gasteiger partial charge in [0, 0.05) is 13.0 Å². The monoisotopic (exact) mass is 247 g/mol. The van der Waals surface area contributed by atoms with E-state index in [0.717, 1.165) is 13.1 Å². The highest BCUT2D eigenvalue weighted by Gasteiger charge is 2.22. The molecule has 2 unspecified atom stereocenters. The zero-order valence-electron chi connectivity index (χ0n) is 11.1. The van der Waals surface area contributed by atoms with Gasteiger partial charge in [-0.3, -0.25) is 4.79 Å². The van der Waals surface area contributed by atoms with Crippen molar-refractivity contribution < 1.29 is 9.53 Å². The quantitative estimate of drug-likeness (QED) is 0.659. The van der Waals surface area contributed by atoms with Crippen molar-refractivity contribution in [2.45, 2.75) is 32.6 Å². The lowest BCUT2D eigenvalue weighted by Gasteiger charge is -2.30. The summed E-state index contributed by atoms with van der Waals surface area (Å²) in [5.74, 6) is 1.67. The van der Waals surface area contributed by atoms with E-state index in [-0.39, 0.29) is 5.97 Å². The van der Waals surface area contributed by atoms with Crippen LogP contribution >= 0.6 is 0 Å². The highest BCUT2D eigenvalue weighted by atomic mass is 16.5. The Morgan fingerprint density at radius 2 is 2.33 bits per heavy atom. The van der Waals surface area contributed by atoms with E-state index in [1.807, 2.05) is 18.2 Å². The number of carbonyl (C=O) groups excluding carboxylic acids is 1. The predicted octanol–water partition coefficient (Wildman–Crippen LogP) is 2.72. The zero-order chi connectivity index (χ0) is 13.0. The van der Waals surface area contributed by atoms with Crippen LogP contribution in [-0.2, 0) is 4.79 Å². The van der Waals surface area contributed by atoms with Gasteiger partial charge in [-0.2, -0.15) is 0 Å². The SMILES string of the molecule is CCC(=O)Oc1cccc(C2CNCCC2C)c1. The van der Waals surface area contributed by atoms with Crippen LogP contribution in [0.15, 0.2) is 24.3 Å². The molecule has 2 rings (SSSR count). The van der Waals surface area contributed by atoms with E-state index in [9.17, 15) is 4.79 Å². The summed E-state index contributed by atoms with van der Waals surface area (Å²) in [5, 5.41) is 3.43. The molecule has 0 bridgehead atoms. The third-order valence-corrected chi connectivity index (χ3v) is 3.63. The van der Waals surface area contributed by atoms with Crippen molar-refractivity contribution in [1.29, 1.82) is 0 Å². The first-order valence-electron chi connectivity index (χ1n) is 6.72. The van der Waals surface area contributed by atoms with E-state index < -0.39 is 0 Å². The summed E-state index contributed by atoms with van der Waals surface area (Å²) in [6.45, 7) is 6.20. The minimum absolute atomic E-state index is 0.179. The van der Waals surface area contributed by atoms with Gasteiger partial charge in [-0.1, -0.05) is 26.0 Å². The molecule has 0 spiro atoms. The molecular formula is C15H21NO2. The van der Waals surface area contributed by atoms with Crippen molar-refractivity contribution in [3.63, 3.8) is 0 Å². The van der Waals surface area contributed by atoms with Crippen molar-refractivity contribution in [3.05, 3.63) is 29.8 Å². The van der Waals surface area contributed by atoms with Crippen LogP contribution < -0.4 is 10.1 Å². The molecule has 1 aromatic carbocycles. The van der Waals surface area contributed by atoms with E-state index in [0.29, 0.717) is 24.0 Å². The minimum Gasteiger partial charge on any atom is -0.427 e. The number of carbonyl (C=O) groups is 1. The topological polar surface area (TPSA) is 38.3 Å². The Balaban J connectivity index is 2.13. The lowest BCUT2D eigenvalue weighted by atomic mass is 9.83. The molecule has 0 amide bonds. The average Bonchev–Trinajstić information content (AvgIpc) is 2.39. The van der Waals surface area contributed by atoms with Gasteiger partial charge < -0.3 is 10.1 Å². The van der Waals surface area contributed by atoms with Gasteiger partial charge in [0.15, 0.2) is 0 Å². The summed E-state index contributed by atoms with van der Waals surface area (Å²) in [7, 11) is 0. The van der Waals surface area contributed by atoms with Crippen LogP contribution in [0.4, 0.5) is 0 Å². The highest BCUT2D eigenvalue weighted by Crippen LogP contribution is 2.30. The molecule has 1 saturated heterocycles. The number of ether oxygens (including phenoxy) is 1. The Labute approximate surface area is 109 Å². The third-order valence-electron chi connectivity index (χ3n) is 3.63. The van der Waals surface area contributed by atoms with Crippen LogP contribution in [0.1, 0.15) is 38.2 Å². The lowest BCUT2D eigenvalue weighted by molar-refractivity contribution is -0.134. The lowest BCUT2D eigenvalue weighted by Crippen LogP contribution is -2.33. The smallest absolute Gasteiger partial charge is 0.310 e. The fraction of sp³-hybridized carbons (Fsp3) is 0.533. The predicted molar refractivity (Wildman–Crippen MR) is 71.8 cm³/mol. The molecule has 3 heteroatoms. The number of piperidine rings is 1.